The van der Waals surface area contributed by atoms with Crippen LogP contribution < -0.4 is 10.1 Å². The van der Waals surface area contributed by atoms with Crippen LogP contribution in [0.15, 0.2) is 18.2 Å². The van der Waals surface area contributed by atoms with Crippen LogP contribution in [0.5, 0.6) is 5.75 Å². The van der Waals surface area contributed by atoms with Crippen molar-refractivity contribution in [3.05, 3.63) is 29.3 Å². The van der Waals surface area contributed by atoms with Crippen molar-refractivity contribution in [2.24, 2.45) is 0 Å². The zero-order chi connectivity index (χ0) is 14.0. The van der Waals surface area contributed by atoms with Crippen LogP contribution in [0.4, 0.5) is 0 Å². The van der Waals surface area contributed by atoms with Gasteiger partial charge in [0.2, 0.25) is 0 Å². The van der Waals surface area contributed by atoms with Gasteiger partial charge in [0, 0.05) is 17.6 Å². The third-order valence-corrected chi connectivity index (χ3v) is 5.23. The SMILES string of the molecule is COc1ccc(C)cc1C1CS(=O)(=O)CCC(C)N1. The molecule has 106 valence electrons. The Morgan fingerprint density at radius 1 is 1.37 bits per heavy atom. The molecule has 1 saturated heterocycles. The summed E-state index contributed by atoms with van der Waals surface area (Å²) in [6.45, 7) is 4.02. The lowest BCUT2D eigenvalue weighted by Gasteiger charge is -2.22. The van der Waals surface area contributed by atoms with E-state index in [1.54, 1.807) is 7.11 Å². The number of sulfone groups is 1. The van der Waals surface area contributed by atoms with E-state index in [0.717, 1.165) is 16.9 Å². The van der Waals surface area contributed by atoms with E-state index in [1.165, 1.54) is 0 Å². The Balaban J connectivity index is 2.41. The van der Waals surface area contributed by atoms with Crippen molar-refractivity contribution in [1.82, 2.24) is 5.32 Å². The summed E-state index contributed by atoms with van der Waals surface area (Å²) in [7, 11) is -1.39. The largest absolute Gasteiger partial charge is 0.496 e. The predicted octanol–water partition coefficient (Wildman–Crippen LogP) is 1.84. The molecule has 0 spiro atoms. The third kappa shape index (κ3) is 3.48. The van der Waals surface area contributed by atoms with Gasteiger partial charge in [-0.1, -0.05) is 17.7 Å². The molecule has 0 bridgehead atoms. The lowest BCUT2D eigenvalue weighted by molar-refractivity contribution is 0.396. The smallest absolute Gasteiger partial charge is 0.152 e. The summed E-state index contributed by atoms with van der Waals surface area (Å²) in [6, 6.07) is 5.86. The van der Waals surface area contributed by atoms with Gasteiger partial charge in [0.1, 0.15) is 5.75 Å². The van der Waals surface area contributed by atoms with Crippen molar-refractivity contribution in [2.75, 3.05) is 18.6 Å². The summed E-state index contributed by atoms with van der Waals surface area (Å²) in [5.41, 5.74) is 2.03. The average Bonchev–Trinajstić information content (AvgIpc) is 2.48. The van der Waals surface area contributed by atoms with Gasteiger partial charge in [-0.05, 0) is 26.3 Å². The highest BCUT2D eigenvalue weighted by Crippen LogP contribution is 2.29. The number of aryl methyl sites for hydroxylation is 1. The number of ether oxygens (including phenoxy) is 1. The molecule has 1 heterocycles. The van der Waals surface area contributed by atoms with Gasteiger partial charge in [-0.2, -0.15) is 0 Å². The molecule has 5 heteroatoms. The first-order chi connectivity index (χ1) is 8.91. The maximum Gasteiger partial charge on any atom is 0.152 e. The number of rotatable bonds is 2. The quantitative estimate of drug-likeness (QED) is 0.900. The first-order valence-corrected chi connectivity index (χ1v) is 8.34. The number of methoxy groups -OCH3 is 1. The zero-order valence-corrected chi connectivity index (χ0v) is 12.5. The molecule has 0 aromatic heterocycles. The molecule has 4 nitrogen and oxygen atoms in total. The van der Waals surface area contributed by atoms with E-state index in [2.05, 4.69) is 5.32 Å². The Bertz CT molecular complexity index is 554. The normalized spacial score (nSPS) is 26.7. The molecule has 0 saturated carbocycles. The van der Waals surface area contributed by atoms with Crippen LogP contribution in [0.2, 0.25) is 0 Å². The van der Waals surface area contributed by atoms with Crippen LogP contribution in [-0.4, -0.2) is 33.1 Å². The maximum atomic E-state index is 12.0. The van der Waals surface area contributed by atoms with Crippen molar-refractivity contribution < 1.29 is 13.2 Å². The van der Waals surface area contributed by atoms with Gasteiger partial charge in [-0.15, -0.1) is 0 Å². The topological polar surface area (TPSA) is 55.4 Å². The molecule has 0 aliphatic carbocycles. The zero-order valence-electron chi connectivity index (χ0n) is 11.6. The summed E-state index contributed by atoms with van der Waals surface area (Å²) in [6.07, 6.45) is 0.660. The van der Waals surface area contributed by atoms with Gasteiger partial charge >= 0.3 is 0 Å². The first-order valence-electron chi connectivity index (χ1n) is 6.52. The van der Waals surface area contributed by atoms with Crippen LogP contribution in [-0.2, 0) is 9.84 Å². The molecule has 2 atom stereocenters. The average molecular weight is 283 g/mol. The van der Waals surface area contributed by atoms with E-state index in [0.29, 0.717) is 6.42 Å². The van der Waals surface area contributed by atoms with Crippen molar-refractivity contribution in [3.63, 3.8) is 0 Å². The second kappa shape index (κ2) is 5.51. The van der Waals surface area contributed by atoms with Crippen LogP contribution in [0.3, 0.4) is 0 Å². The first kappa shape index (κ1) is 14.3. The Kier molecular flexibility index (Phi) is 4.16. The van der Waals surface area contributed by atoms with E-state index in [1.807, 2.05) is 32.0 Å². The van der Waals surface area contributed by atoms with E-state index in [9.17, 15) is 8.42 Å². The molecule has 19 heavy (non-hydrogen) atoms. The molecule has 2 rings (SSSR count). The molecule has 1 fully saturated rings. The van der Waals surface area contributed by atoms with Gasteiger partial charge in [0.25, 0.3) is 0 Å². The monoisotopic (exact) mass is 283 g/mol. The summed E-state index contributed by atoms with van der Waals surface area (Å²) in [5, 5.41) is 3.39. The Morgan fingerprint density at radius 2 is 2.11 bits per heavy atom. The van der Waals surface area contributed by atoms with Crippen LogP contribution in [0.25, 0.3) is 0 Å². The van der Waals surface area contributed by atoms with Gasteiger partial charge in [0.15, 0.2) is 9.84 Å². The molecule has 1 aliphatic rings. The summed E-state index contributed by atoms with van der Waals surface area (Å²) in [4.78, 5) is 0. The maximum absolute atomic E-state index is 12.0. The van der Waals surface area contributed by atoms with E-state index in [-0.39, 0.29) is 23.6 Å². The lowest BCUT2D eigenvalue weighted by atomic mass is 10.0. The van der Waals surface area contributed by atoms with E-state index >= 15 is 0 Å². The van der Waals surface area contributed by atoms with Crippen LogP contribution in [0, 0.1) is 6.92 Å². The number of hydrogen-bond donors (Lipinski definition) is 1. The van der Waals surface area contributed by atoms with Gasteiger partial charge in [-0.3, -0.25) is 0 Å². The van der Waals surface area contributed by atoms with Crippen molar-refractivity contribution in [1.29, 1.82) is 0 Å². The highest BCUT2D eigenvalue weighted by Gasteiger charge is 2.28. The minimum Gasteiger partial charge on any atom is -0.496 e. The lowest BCUT2D eigenvalue weighted by Crippen LogP contribution is -2.31. The minimum absolute atomic E-state index is 0.136. The van der Waals surface area contributed by atoms with Crippen molar-refractivity contribution in [2.45, 2.75) is 32.4 Å². The van der Waals surface area contributed by atoms with Crippen molar-refractivity contribution >= 4 is 9.84 Å². The van der Waals surface area contributed by atoms with Crippen molar-refractivity contribution in [3.8, 4) is 5.75 Å². The molecule has 1 aliphatic heterocycles. The van der Waals surface area contributed by atoms with E-state index in [4.69, 9.17) is 4.74 Å². The summed E-state index contributed by atoms with van der Waals surface area (Å²) < 4.78 is 29.4. The fraction of sp³-hybridized carbons (Fsp3) is 0.571. The molecule has 1 N–H and O–H groups in total. The molecule has 1 aromatic carbocycles. The molecule has 1 aromatic rings. The fourth-order valence-electron chi connectivity index (χ4n) is 2.47. The van der Waals surface area contributed by atoms with Crippen LogP contribution >= 0.6 is 0 Å². The van der Waals surface area contributed by atoms with Gasteiger partial charge in [0.05, 0.1) is 18.6 Å². The third-order valence-electron chi connectivity index (χ3n) is 3.53. The highest BCUT2D eigenvalue weighted by molar-refractivity contribution is 7.91. The minimum atomic E-state index is -3.01. The molecule has 0 amide bonds. The molecule has 0 radical (unpaired) electrons. The molecular formula is C14H21NO3S. The number of benzene rings is 1. The number of nitrogens with one attached hydrogen (secondary N) is 1. The second-order valence-electron chi connectivity index (χ2n) is 5.27. The molecular weight excluding hydrogens is 262 g/mol. The standard InChI is InChI=1S/C14H21NO3S/c1-10-4-5-14(18-3)12(8-10)13-9-19(16,17)7-6-11(2)15-13/h4-5,8,11,13,15H,6-7,9H2,1-3H3. The van der Waals surface area contributed by atoms with Gasteiger partial charge in [-0.25, -0.2) is 8.42 Å². The van der Waals surface area contributed by atoms with Gasteiger partial charge < -0.3 is 10.1 Å². The predicted molar refractivity (Wildman–Crippen MR) is 76.3 cm³/mol. The van der Waals surface area contributed by atoms with E-state index < -0.39 is 9.84 Å². The fourth-order valence-corrected chi connectivity index (χ4v) is 4.14. The summed E-state index contributed by atoms with van der Waals surface area (Å²) in [5.74, 6) is 1.13. The summed E-state index contributed by atoms with van der Waals surface area (Å²) >= 11 is 0. The molecule has 2 unspecified atom stereocenters. The highest BCUT2D eigenvalue weighted by atomic mass is 32.2. The Hall–Kier alpha value is -1.07. The number of hydrogen-bond acceptors (Lipinski definition) is 4. The Labute approximate surface area is 115 Å². The second-order valence-corrected chi connectivity index (χ2v) is 7.50. The Morgan fingerprint density at radius 3 is 2.79 bits per heavy atom. The van der Waals surface area contributed by atoms with Crippen LogP contribution in [0.1, 0.15) is 30.5 Å².